The monoisotopic (exact) mass is 353 g/mol. The molecule has 6 heteroatoms. The predicted octanol–water partition coefficient (Wildman–Crippen LogP) is 3.49. The highest BCUT2D eigenvalue weighted by Gasteiger charge is 2.45. The molecule has 1 atom stereocenters. The van der Waals surface area contributed by atoms with Crippen LogP contribution in [0.1, 0.15) is 25.8 Å². The summed E-state index contributed by atoms with van der Waals surface area (Å²) in [5.41, 5.74) is 0.924. The molecule has 1 aromatic rings. The van der Waals surface area contributed by atoms with Crippen LogP contribution in [0.15, 0.2) is 24.3 Å². The summed E-state index contributed by atoms with van der Waals surface area (Å²) in [5.74, 6) is 0.575. The van der Waals surface area contributed by atoms with E-state index in [1.54, 1.807) is 0 Å². The summed E-state index contributed by atoms with van der Waals surface area (Å²) in [6, 6.07) is 7.57. The lowest BCUT2D eigenvalue weighted by molar-refractivity contribution is -0.149. The number of carbonyl (C=O) groups is 1. The van der Waals surface area contributed by atoms with E-state index in [0.717, 1.165) is 24.3 Å². The predicted molar refractivity (Wildman–Crippen MR) is 97.8 cm³/mol. The van der Waals surface area contributed by atoms with Gasteiger partial charge >= 0.3 is 5.97 Å². The number of carbonyl (C=O) groups excluding carboxylic acids is 1. The van der Waals surface area contributed by atoms with Crippen molar-refractivity contribution in [3.63, 3.8) is 0 Å². The lowest BCUT2D eigenvalue weighted by Crippen LogP contribution is -2.43. The smallest absolute Gasteiger partial charge is 0.323 e. The van der Waals surface area contributed by atoms with E-state index in [4.69, 9.17) is 21.7 Å². The van der Waals surface area contributed by atoms with Crippen molar-refractivity contribution in [1.29, 1.82) is 0 Å². The zero-order valence-electron chi connectivity index (χ0n) is 14.0. The maximum atomic E-state index is 12.2. The van der Waals surface area contributed by atoms with Crippen LogP contribution in [0.5, 0.6) is 5.75 Å². The third-order valence-corrected chi connectivity index (χ3v) is 5.28. The van der Waals surface area contributed by atoms with E-state index in [1.165, 1.54) is 18.9 Å². The largest absolute Gasteiger partial charge is 0.468 e. The number of thiocarbonyl (C=S) groups is 1. The topological polar surface area (TPSA) is 38.8 Å². The molecule has 4 nitrogen and oxygen atoms in total. The number of hydrogen-bond donors (Lipinski definition) is 0. The van der Waals surface area contributed by atoms with Gasteiger partial charge in [-0.3, -0.25) is 9.69 Å². The summed E-state index contributed by atoms with van der Waals surface area (Å²) >= 11 is 6.55. The Kier molecular flexibility index (Phi) is 6.06. The molecule has 23 heavy (non-hydrogen) atoms. The summed E-state index contributed by atoms with van der Waals surface area (Å²) in [6.07, 6.45) is 2.85. The second kappa shape index (κ2) is 7.64. The van der Waals surface area contributed by atoms with Crippen molar-refractivity contribution in [3.8, 4) is 5.75 Å². The first kappa shape index (κ1) is 18.2. The molecule has 1 aliphatic heterocycles. The van der Waals surface area contributed by atoms with Gasteiger partial charge in [0.1, 0.15) is 11.8 Å². The number of nitrogens with zero attached hydrogens (tertiary/aromatic N) is 1. The molecule has 126 valence electrons. The molecule has 0 N–H and O–H groups in total. The molecule has 0 unspecified atom stereocenters. The van der Waals surface area contributed by atoms with E-state index < -0.39 is 0 Å². The number of likely N-dealkylation sites (tertiary alicyclic amines) is 1. The zero-order valence-corrected chi connectivity index (χ0v) is 15.6. The van der Waals surface area contributed by atoms with Crippen LogP contribution in [0.2, 0.25) is 0 Å². The van der Waals surface area contributed by atoms with E-state index in [2.05, 4.69) is 18.7 Å². The van der Waals surface area contributed by atoms with Gasteiger partial charge in [-0.05, 0) is 42.9 Å². The standard InChI is InChI=1S/C17H23NO3S2/c1-17(2)9-10-18(14(17)15(19)20-3)11-12-7-5-6-8-13(12)21-16(22)23-4/h5-8,14H,9-11H2,1-4H3/t14-/m1/s1. The van der Waals surface area contributed by atoms with E-state index in [9.17, 15) is 4.79 Å². The van der Waals surface area contributed by atoms with E-state index in [1.807, 2.05) is 30.5 Å². The third kappa shape index (κ3) is 4.25. The molecule has 1 heterocycles. The second-order valence-electron chi connectivity index (χ2n) is 6.30. The Morgan fingerprint density at radius 2 is 2.13 bits per heavy atom. The highest BCUT2D eigenvalue weighted by molar-refractivity contribution is 8.22. The van der Waals surface area contributed by atoms with Crippen molar-refractivity contribution in [3.05, 3.63) is 29.8 Å². The van der Waals surface area contributed by atoms with Crippen LogP contribution >= 0.6 is 24.0 Å². The minimum Gasteiger partial charge on any atom is -0.468 e. The highest BCUT2D eigenvalue weighted by Crippen LogP contribution is 2.38. The highest BCUT2D eigenvalue weighted by atomic mass is 32.2. The normalized spacial score (nSPS) is 20.3. The van der Waals surface area contributed by atoms with Crippen LogP contribution in [-0.4, -0.2) is 41.2 Å². The first-order valence-corrected chi connectivity index (χ1v) is 9.18. The average Bonchev–Trinajstić information content (AvgIpc) is 2.83. The Balaban J connectivity index is 2.21. The van der Waals surface area contributed by atoms with Crippen molar-refractivity contribution in [2.24, 2.45) is 5.41 Å². The fraction of sp³-hybridized carbons (Fsp3) is 0.529. The Morgan fingerprint density at radius 3 is 2.78 bits per heavy atom. The molecule has 0 amide bonds. The number of rotatable bonds is 4. The van der Waals surface area contributed by atoms with E-state index in [-0.39, 0.29) is 17.4 Å². The van der Waals surface area contributed by atoms with Crippen molar-refractivity contribution >= 4 is 34.3 Å². The quantitative estimate of drug-likeness (QED) is 0.609. The number of ether oxygens (including phenoxy) is 2. The Morgan fingerprint density at radius 1 is 1.43 bits per heavy atom. The van der Waals surface area contributed by atoms with Gasteiger partial charge in [-0.25, -0.2) is 0 Å². The van der Waals surface area contributed by atoms with Crippen LogP contribution in [0.4, 0.5) is 0 Å². The summed E-state index contributed by atoms with van der Waals surface area (Å²) in [5, 5.41) is 0. The minimum absolute atomic E-state index is 0.0997. The SMILES string of the molecule is COC(=O)[C@H]1N(Cc2ccccc2OC(=S)SC)CCC1(C)C. The van der Waals surface area contributed by atoms with Gasteiger partial charge in [0.15, 0.2) is 0 Å². The molecule has 0 spiro atoms. The van der Waals surface area contributed by atoms with Crippen LogP contribution < -0.4 is 4.74 Å². The lowest BCUT2D eigenvalue weighted by atomic mass is 9.84. The molecule has 2 rings (SSSR count). The van der Waals surface area contributed by atoms with Gasteiger partial charge in [0.05, 0.1) is 7.11 Å². The minimum atomic E-state index is -0.243. The molecule has 0 aliphatic carbocycles. The molecule has 1 saturated heterocycles. The van der Waals surface area contributed by atoms with Gasteiger partial charge in [-0.2, -0.15) is 0 Å². The van der Waals surface area contributed by atoms with Gasteiger partial charge in [0.25, 0.3) is 0 Å². The van der Waals surface area contributed by atoms with E-state index >= 15 is 0 Å². The van der Waals surface area contributed by atoms with Crippen LogP contribution in [0, 0.1) is 5.41 Å². The summed E-state index contributed by atoms with van der Waals surface area (Å²) in [7, 11) is 1.45. The Bertz CT molecular complexity index is 589. The maximum Gasteiger partial charge on any atom is 0.323 e. The number of para-hydroxylation sites is 1. The van der Waals surface area contributed by atoms with Gasteiger partial charge in [0, 0.05) is 12.1 Å². The zero-order chi connectivity index (χ0) is 17.0. The van der Waals surface area contributed by atoms with E-state index in [0.29, 0.717) is 10.9 Å². The van der Waals surface area contributed by atoms with Gasteiger partial charge in [-0.15, -0.1) is 0 Å². The van der Waals surface area contributed by atoms with Crippen molar-refractivity contribution in [2.75, 3.05) is 19.9 Å². The van der Waals surface area contributed by atoms with Crippen LogP contribution in [-0.2, 0) is 16.1 Å². The Labute approximate surface area is 147 Å². The van der Waals surface area contributed by atoms with Crippen LogP contribution in [0.25, 0.3) is 0 Å². The first-order valence-electron chi connectivity index (χ1n) is 7.54. The fourth-order valence-corrected chi connectivity index (χ4v) is 3.29. The molecule has 0 radical (unpaired) electrons. The third-order valence-electron chi connectivity index (χ3n) is 4.28. The summed E-state index contributed by atoms with van der Waals surface area (Å²) in [4.78, 5) is 14.4. The van der Waals surface area contributed by atoms with Crippen molar-refractivity contribution in [1.82, 2.24) is 4.90 Å². The lowest BCUT2D eigenvalue weighted by Gasteiger charge is -2.30. The van der Waals surface area contributed by atoms with Crippen molar-refractivity contribution in [2.45, 2.75) is 32.9 Å². The second-order valence-corrected chi connectivity index (χ2v) is 7.71. The molecule has 1 fully saturated rings. The number of thioether (sulfide) groups is 1. The molecular weight excluding hydrogens is 330 g/mol. The average molecular weight is 354 g/mol. The van der Waals surface area contributed by atoms with Crippen LogP contribution in [0.3, 0.4) is 0 Å². The van der Waals surface area contributed by atoms with Gasteiger partial charge < -0.3 is 9.47 Å². The Hall–Kier alpha value is -1.11. The molecule has 0 saturated carbocycles. The first-order chi connectivity index (χ1) is 10.9. The van der Waals surface area contributed by atoms with Crippen molar-refractivity contribution < 1.29 is 14.3 Å². The molecule has 0 aromatic heterocycles. The summed E-state index contributed by atoms with van der Waals surface area (Å²) in [6.45, 7) is 5.71. The number of esters is 1. The number of hydrogen-bond acceptors (Lipinski definition) is 6. The fourth-order valence-electron chi connectivity index (χ4n) is 3.03. The number of benzene rings is 1. The molecular formula is C17H23NO3S2. The number of methoxy groups -OCH3 is 1. The van der Waals surface area contributed by atoms with Gasteiger partial charge in [0.2, 0.25) is 4.38 Å². The molecule has 1 aromatic carbocycles. The molecule has 0 bridgehead atoms. The molecule has 1 aliphatic rings. The van der Waals surface area contributed by atoms with Gasteiger partial charge in [-0.1, -0.05) is 43.8 Å². The summed E-state index contributed by atoms with van der Waals surface area (Å²) < 4.78 is 11.2. The maximum absolute atomic E-state index is 12.2.